The van der Waals surface area contributed by atoms with Crippen molar-refractivity contribution in [3.8, 4) is 17.2 Å². The smallest absolute Gasteiger partial charge is 0.248 e. The number of aromatic nitrogens is 3. The van der Waals surface area contributed by atoms with Crippen molar-refractivity contribution < 1.29 is 4.79 Å². The Bertz CT molecular complexity index is 1530. The van der Waals surface area contributed by atoms with Crippen molar-refractivity contribution in [3.63, 3.8) is 0 Å². The summed E-state index contributed by atoms with van der Waals surface area (Å²) in [6, 6.07) is 6.78. The number of aromatic amines is 1. The van der Waals surface area contributed by atoms with Crippen LogP contribution in [0.3, 0.4) is 0 Å². The minimum atomic E-state index is 0.0607. The number of aryl methyl sites for hydroxylation is 1. The van der Waals surface area contributed by atoms with Crippen LogP contribution in [0.25, 0.3) is 22.0 Å². The highest BCUT2D eigenvalue weighted by atomic mass is 16.2. The van der Waals surface area contributed by atoms with Gasteiger partial charge in [0.2, 0.25) is 5.91 Å². The van der Waals surface area contributed by atoms with Crippen LogP contribution in [-0.2, 0) is 17.6 Å². The molecule has 1 spiro atoms. The predicted molar refractivity (Wildman–Crippen MR) is 153 cm³/mol. The summed E-state index contributed by atoms with van der Waals surface area (Å²) in [7, 11) is 3.83. The zero-order valence-electron chi connectivity index (χ0n) is 23.6. The van der Waals surface area contributed by atoms with Crippen molar-refractivity contribution >= 4 is 22.6 Å². The largest absolute Gasteiger partial charge is 0.383 e. The van der Waals surface area contributed by atoms with Gasteiger partial charge in [-0.3, -0.25) is 9.89 Å². The van der Waals surface area contributed by atoms with Crippen molar-refractivity contribution in [2.24, 2.45) is 10.8 Å². The summed E-state index contributed by atoms with van der Waals surface area (Å²) in [6.07, 6.45) is 9.20. The molecule has 1 N–H and O–H groups in total. The third kappa shape index (κ3) is 4.34. The number of carbonyl (C=O) groups is 1. The van der Waals surface area contributed by atoms with E-state index in [-0.39, 0.29) is 16.7 Å². The van der Waals surface area contributed by atoms with Crippen LogP contribution in [0, 0.1) is 29.1 Å². The number of carbonyl (C=O) groups excluding carboxylic acids is 1. The molecule has 1 aliphatic carbocycles. The molecule has 2 saturated heterocycles. The van der Waals surface area contributed by atoms with E-state index in [9.17, 15) is 10.1 Å². The van der Waals surface area contributed by atoms with E-state index in [1.807, 2.05) is 30.1 Å². The first-order valence-corrected chi connectivity index (χ1v) is 13.9. The fourth-order valence-electron chi connectivity index (χ4n) is 6.76. The number of nitrogens with zero attached hydrogens (tertiary/aromatic N) is 6. The summed E-state index contributed by atoms with van der Waals surface area (Å²) in [6.45, 7) is 9.90. The molecule has 39 heavy (non-hydrogen) atoms. The van der Waals surface area contributed by atoms with Gasteiger partial charge in [-0.2, -0.15) is 10.4 Å². The highest BCUT2D eigenvalue weighted by molar-refractivity contribution is 5.99. The number of anilines is 1. The van der Waals surface area contributed by atoms with E-state index >= 15 is 0 Å². The zero-order chi connectivity index (χ0) is 27.5. The molecule has 2 aromatic heterocycles. The Morgan fingerprint density at radius 1 is 1.18 bits per heavy atom. The number of likely N-dealkylation sites (tertiary alicyclic amines) is 1. The molecular weight excluding hydrogens is 486 g/mol. The second kappa shape index (κ2) is 9.11. The minimum Gasteiger partial charge on any atom is -0.383 e. The predicted octanol–water partition coefficient (Wildman–Crippen LogP) is 4.43. The molecule has 2 fully saturated rings. The Labute approximate surface area is 230 Å². The Morgan fingerprint density at radius 3 is 2.72 bits per heavy atom. The van der Waals surface area contributed by atoms with Crippen molar-refractivity contribution in [1.82, 2.24) is 25.0 Å². The fourth-order valence-corrected chi connectivity index (χ4v) is 6.76. The normalized spacial score (nSPS) is 19.4. The summed E-state index contributed by atoms with van der Waals surface area (Å²) < 4.78 is 0. The Hall–Kier alpha value is -3.86. The Morgan fingerprint density at radius 2 is 1.97 bits per heavy atom. The van der Waals surface area contributed by atoms with Crippen molar-refractivity contribution in [2.45, 2.75) is 46.5 Å². The lowest BCUT2D eigenvalue weighted by atomic mass is 9.73. The molecule has 202 valence electrons. The average Bonchev–Trinajstić information content (AvgIpc) is 3.52. The van der Waals surface area contributed by atoms with E-state index in [0.29, 0.717) is 5.56 Å². The number of H-pyrrole nitrogens is 1. The van der Waals surface area contributed by atoms with Crippen LogP contribution in [0.2, 0.25) is 0 Å². The number of hydrogen-bond donors (Lipinski definition) is 1. The molecule has 0 radical (unpaired) electrons. The summed E-state index contributed by atoms with van der Waals surface area (Å²) in [5.41, 5.74) is 7.49. The van der Waals surface area contributed by atoms with Crippen LogP contribution in [0.1, 0.15) is 49.1 Å². The summed E-state index contributed by atoms with van der Waals surface area (Å²) in [4.78, 5) is 24.0. The van der Waals surface area contributed by atoms with Gasteiger partial charge in [0, 0.05) is 74.6 Å². The topological polar surface area (TPSA) is 92.2 Å². The van der Waals surface area contributed by atoms with Gasteiger partial charge in [0.15, 0.2) is 0 Å². The number of amides is 1. The van der Waals surface area contributed by atoms with E-state index in [4.69, 9.17) is 4.98 Å². The van der Waals surface area contributed by atoms with Gasteiger partial charge >= 0.3 is 0 Å². The summed E-state index contributed by atoms with van der Waals surface area (Å²) in [5.74, 6) is 0.864. The lowest BCUT2D eigenvalue weighted by Gasteiger charge is -2.47. The third-order valence-corrected chi connectivity index (χ3v) is 8.87. The molecule has 2 aliphatic heterocycles. The molecule has 1 amide bonds. The van der Waals surface area contributed by atoms with E-state index in [1.54, 1.807) is 12.3 Å². The quantitative estimate of drug-likeness (QED) is 0.509. The number of pyridine rings is 1. The molecule has 0 saturated carbocycles. The highest BCUT2D eigenvalue weighted by Crippen LogP contribution is 2.47. The average molecular weight is 524 g/mol. The van der Waals surface area contributed by atoms with Crippen LogP contribution < -0.4 is 4.90 Å². The molecule has 0 bridgehead atoms. The second-order valence-corrected chi connectivity index (χ2v) is 12.8. The standard InChI is InChI=1S/C31H37N7O/c1-20-6-7-24-23(16-33-35-24)27(20)28-21-8-10-30(2,3)14-25(21)34-29(22(28)15-32)37-13-11-31(17-37)18-38(19-31)26(39)9-12-36(4)5/h6-7,9,12,16H,8,10-11,13-14,17-19H2,1-5H3,(H,33,35)/b12-9+. The van der Waals surface area contributed by atoms with E-state index in [0.717, 1.165) is 91.0 Å². The van der Waals surface area contributed by atoms with Crippen molar-refractivity contribution in [2.75, 3.05) is 45.2 Å². The molecule has 0 atom stereocenters. The lowest BCUT2D eigenvalue weighted by Crippen LogP contribution is -2.59. The van der Waals surface area contributed by atoms with Gasteiger partial charge in [-0.1, -0.05) is 19.9 Å². The van der Waals surface area contributed by atoms with E-state index in [1.165, 1.54) is 5.56 Å². The van der Waals surface area contributed by atoms with Gasteiger partial charge in [-0.15, -0.1) is 0 Å². The maximum absolute atomic E-state index is 12.6. The molecule has 8 nitrogen and oxygen atoms in total. The summed E-state index contributed by atoms with van der Waals surface area (Å²) >= 11 is 0. The van der Waals surface area contributed by atoms with Crippen LogP contribution >= 0.6 is 0 Å². The number of fused-ring (bicyclic) bond motifs is 2. The Balaban J connectivity index is 1.41. The van der Waals surface area contributed by atoms with Crippen LogP contribution in [0.5, 0.6) is 0 Å². The maximum atomic E-state index is 12.6. The highest BCUT2D eigenvalue weighted by Gasteiger charge is 2.49. The molecule has 1 aromatic carbocycles. The van der Waals surface area contributed by atoms with Gasteiger partial charge in [0.05, 0.1) is 11.7 Å². The first kappa shape index (κ1) is 25.4. The van der Waals surface area contributed by atoms with E-state index in [2.05, 4.69) is 54.1 Å². The molecule has 3 aromatic rings. The number of hydrogen-bond acceptors (Lipinski definition) is 6. The van der Waals surface area contributed by atoms with E-state index < -0.39 is 0 Å². The third-order valence-electron chi connectivity index (χ3n) is 8.87. The first-order chi connectivity index (χ1) is 18.6. The SMILES string of the molecule is Cc1ccc2[nH]ncc2c1-c1c(C#N)c(N2CCC3(CN(C(=O)/C=C/N(C)C)C3)C2)nc2c1CCC(C)(C)C2. The number of rotatable bonds is 4. The first-order valence-electron chi connectivity index (χ1n) is 13.9. The van der Waals surface area contributed by atoms with Crippen LogP contribution in [-0.4, -0.2) is 71.2 Å². The molecule has 3 aliphatic rings. The maximum Gasteiger partial charge on any atom is 0.248 e. The van der Waals surface area contributed by atoms with Gasteiger partial charge in [0.1, 0.15) is 17.5 Å². The van der Waals surface area contributed by atoms with Gasteiger partial charge < -0.3 is 14.7 Å². The Kier molecular flexibility index (Phi) is 5.94. The number of nitriles is 1. The number of benzene rings is 1. The summed E-state index contributed by atoms with van der Waals surface area (Å²) in [5, 5.41) is 19.1. The molecule has 6 rings (SSSR count). The number of nitrogens with one attached hydrogen (secondary N) is 1. The minimum absolute atomic E-state index is 0.0607. The van der Waals surface area contributed by atoms with Crippen molar-refractivity contribution in [1.29, 1.82) is 5.26 Å². The van der Waals surface area contributed by atoms with Crippen molar-refractivity contribution in [3.05, 3.63) is 53.0 Å². The fraction of sp³-hybridized carbons (Fsp3) is 0.484. The van der Waals surface area contributed by atoms with Gasteiger partial charge in [0.25, 0.3) is 0 Å². The molecule has 0 unspecified atom stereocenters. The van der Waals surface area contributed by atoms with Crippen LogP contribution in [0.4, 0.5) is 5.82 Å². The van der Waals surface area contributed by atoms with Crippen LogP contribution in [0.15, 0.2) is 30.6 Å². The molecular formula is C31H37N7O. The van der Waals surface area contributed by atoms with Gasteiger partial charge in [-0.25, -0.2) is 4.98 Å². The van der Waals surface area contributed by atoms with Gasteiger partial charge in [-0.05, 0) is 60.8 Å². The lowest BCUT2D eigenvalue weighted by molar-refractivity contribution is -0.136. The molecule has 4 heterocycles. The molecule has 8 heteroatoms. The monoisotopic (exact) mass is 523 g/mol. The zero-order valence-corrected chi connectivity index (χ0v) is 23.6. The second-order valence-electron chi connectivity index (χ2n) is 12.8.